The normalized spacial score (nSPS) is 23.3. The molecule has 0 spiro atoms. The van der Waals surface area contributed by atoms with E-state index in [4.69, 9.17) is 0 Å². The lowest BCUT2D eigenvalue weighted by Crippen LogP contribution is -2.40. The number of aromatic nitrogens is 2. The number of hydrogen-bond donors (Lipinski definition) is 3. The first kappa shape index (κ1) is 16.8. The van der Waals surface area contributed by atoms with Crippen molar-refractivity contribution in [2.24, 2.45) is 5.92 Å². The number of aliphatic hydroxyl groups is 1. The molecule has 2 aliphatic rings. The summed E-state index contributed by atoms with van der Waals surface area (Å²) in [6.07, 6.45) is 3.97. The minimum absolute atomic E-state index is 0.119. The number of rotatable bonds is 6. The number of aliphatic hydroxyl groups excluding tert-OH is 1. The van der Waals surface area contributed by atoms with Gasteiger partial charge in [-0.2, -0.15) is 5.10 Å². The zero-order valence-corrected chi connectivity index (χ0v) is 13.9. The van der Waals surface area contributed by atoms with Gasteiger partial charge in [0, 0.05) is 51.1 Å². The van der Waals surface area contributed by atoms with Gasteiger partial charge in [-0.25, -0.2) is 4.79 Å². The maximum atomic E-state index is 12.2. The predicted octanol–water partition coefficient (Wildman–Crippen LogP) is -0.101. The molecule has 0 aromatic carbocycles. The standard InChI is InChI=1S/C16H25N5O3/c1-17-15(23)8-12-9-20(10-14(12)22)16(24)18-5-7-21-6-4-13(19-21)11-2-3-11/h4,6,11-12,14,22H,2-3,5,7-10H2,1H3,(H,17,23)(H,18,24)/t12-,14-/m1/s1. The van der Waals surface area contributed by atoms with E-state index >= 15 is 0 Å². The van der Waals surface area contributed by atoms with Gasteiger partial charge in [0.1, 0.15) is 0 Å². The predicted molar refractivity (Wildman–Crippen MR) is 87.4 cm³/mol. The van der Waals surface area contributed by atoms with E-state index in [1.165, 1.54) is 12.8 Å². The van der Waals surface area contributed by atoms with Gasteiger partial charge in [-0.3, -0.25) is 9.48 Å². The number of carbonyl (C=O) groups is 2. The van der Waals surface area contributed by atoms with Gasteiger partial charge in [0.25, 0.3) is 0 Å². The number of nitrogens with one attached hydrogen (secondary N) is 2. The SMILES string of the molecule is CNC(=O)C[C@@H]1CN(C(=O)NCCn2ccc(C3CC3)n2)C[C@H]1O. The second-order valence-corrected chi connectivity index (χ2v) is 6.62. The van der Waals surface area contributed by atoms with Crippen molar-refractivity contribution in [3.8, 4) is 0 Å². The number of likely N-dealkylation sites (tertiary alicyclic amines) is 1. The summed E-state index contributed by atoms with van der Waals surface area (Å²) in [5.41, 5.74) is 1.14. The first-order valence-corrected chi connectivity index (χ1v) is 8.51. The molecule has 1 aliphatic carbocycles. The molecule has 8 heteroatoms. The lowest BCUT2D eigenvalue weighted by molar-refractivity contribution is -0.122. The average molecular weight is 335 g/mol. The smallest absolute Gasteiger partial charge is 0.317 e. The molecule has 1 aromatic rings. The van der Waals surface area contributed by atoms with Crippen molar-refractivity contribution in [1.82, 2.24) is 25.3 Å². The van der Waals surface area contributed by atoms with Crippen LogP contribution in [0.15, 0.2) is 12.3 Å². The summed E-state index contributed by atoms with van der Waals surface area (Å²) in [6.45, 7) is 1.77. The number of carbonyl (C=O) groups excluding carboxylic acids is 2. The quantitative estimate of drug-likeness (QED) is 0.676. The van der Waals surface area contributed by atoms with Gasteiger partial charge in [-0.05, 0) is 18.9 Å². The molecule has 3 N–H and O–H groups in total. The van der Waals surface area contributed by atoms with Crippen molar-refractivity contribution in [3.63, 3.8) is 0 Å². The second kappa shape index (κ2) is 7.21. The van der Waals surface area contributed by atoms with Gasteiger partial charge in [0.15, 0.2) is 0 Å². The summed E-state index contributed by atoms with van der Waals surface area (Å²) in [7, 11) is 1.57. The summed E-state index contributed by atoms with van der Waals surface area (Å²) in [4.78, 5) is 25.2. The Hall–Kier alpha value is -2.09. The maximum Gasteiger partial charge on any atom is 0.317 e. The molecule has 1 saturated carbocycles. The van der Waals surface area contributed by atoms with Gasteiger partial charge < -0.3 is 20.6 Å². The van der Waals surface area contributed by atoms with Crippen LogP contribution in [0.2, 0.25) is 0 Å². The fraction of sp³-hybridized carbons (Fsp3) is 0.688. The fourth-order valence-electron chi connectivity index (χ4n) is 3.05. The van der Waals surface area contributed by atoms with Crippen LogP contribution in [0.25, 0.3) is 0 Å². The van der Waals surface area contributed by atoms with E-state index in [1.807, 2.05) is 16.9 Å². The third-order valence-corrected chi connectivity index (χ3v) is 4.69. The fourth-order valence-corrected chi connectivity index (χ4v) is 3.05. The van der Waals surface area contributed by atoms with Crippen LogP contribution in [-0.4, -0.2) is 64.5 Å². The van der Waals surface area contributed by atoms with Gasteiger partial charge in [-0.1, -0.05) is 0 Å². The van der Waals surface area contributed by atoms with E-state index < -0.39 is 6.10 Å². The van der Waals surface area contributed by atoms with Gasteiger partial charge in [-0.15, -0.1) is 0 Å². The molecular formula is C16H25N5O3. The van der Waals surface area contributed by atoms with E-state index in [1.54, 1.807) is 11.9 Å². The molecule has 132 valence electrons. The second-order valence-electron chi connectivity index (χ2n) is 6.62. The monoisotopic (exact) mass is 335 g/mol. The summed E-state index contributed by atoms with van der Waals surface area (Å²) < 4.78 is 1.85. The van der Waals surface area contributed by atoms with Crippen molar-refractivity contribution < 1.29 is 14.7 Å². The summed E-state index contributed by atoms with van der Waals surface area (Å²) >= 11 is 0. The molecule has 3 rings (SSSR count). The molecule has 0 radical (unpaired) electrons. The number of nitrogens with zero attached hydrogens (tertiary/aromatic N) is 3. The molecular weight excluding hydrogens is 310 g/mol. The maximum absolute atomic E-state index is 12.2. The molecule has 0 bridgehead atoms. The Balaban J connectivity index is 1.40. The molecule has 1 saturated heterocycles. The van der Waals surface area contributed by atoms with Gasteiger partial charge in [0.05, 0.1) is 18.3 Å². The van der Waals surface area contributed by atoms with Crippen molar-refractivity contribution >= 4 is 11.9 Å². The molecule has 0 unspecified atom stereocenters. The van der Waals surface area contributed by atoms with E-state index in [-0.39, 0.29) is 30.8 Å². The molecule has 2 fully saturated rings. The largest absolute Gasteiger partial charge is 0.391 e. The van der Waals surface area contributed by atoms with Crippen LogP contribution >= 0.6 is 0 Å². The number of amides is 3. The lowest BCUT2D eigenvalue weighted by atomic mass is 10.0. The molecule has 24 heavy (non-hydrogen) atoms. The highest BCUT2D eigenvalue weighted by atomic mass is 16.3. The van der Waals surface area contributed by atoms with Crippen LogP contribution in [0.4, 0.5) is 4.79 Å². The van der Waals surface area contributed by atoms with E-state index in [9.17, 15) is 14.7 Å². The minimum Gasteiger partial charge on any atom is -0.391 e. The highest BCUT2D eigenvalue weighted by Crippen LogP contribution is 2.38. The van der Waals surface area contributed by atoms with E-state index in [2.05, 4.69) is 15.7 Å². The van der Waals surface area contributed by atoms with E-state index in [0.717, 1.165) is 5.69 Å². The zero-order chi connectivity index (χ0) is 17.1. The van der Waals surface area contributed by atoms with Crippen molar-refractivity contribution in [3.05, 3.63) is 18.0 Å². The minimum atomic E-state index is -0.653. The van der Waals surface area contributed by atoms with Gasteiger partial charge in [0.2, 0.25) is 5.91 Å². The molecule has 3 amide bonds. The van der Waals surface area contributed by atoms with Crippen molar-refractivity contribution in [1.29, 1.82) is 0 Å². The average Bonchev–Trinajstić information content (AvgIpc) is 3.21. The van der Waals surface area contributed by atoms with Crippen molar-refractivity contribution in [2.45, 2.75) is 37.8 Å². The van der Waals surface area contributed by atoms with E-state index in [0.29, 0.717) is 25.6 Å². The highest BCUT2D eigenvalue weighted by Gasteiger charge is 2.35. The summed E-state index contributed by atoms with van der Waals surface area (Å²) in [5.74, 6) is 0.304. The third-order valence-electron chi connectivity index (χ3n) is 4.69. The molecule has 2 atom stereocenters. The Morgan fingerprint density at radius 2 is 2.17 bits per heavy atom. The summed E-state index contributed by atoms with van der Waals surface area (Å²) in [5, 5.41) is 19.9. The van der Waals surface area contributed by atoms with Crippen LogP contribution < -0.4 is 10.6 Å². The number of hydrogen-bond acceptors (Lipinski definition) is 4. The van der Waals surface area contributed by atoms with Crippen molar-refractivity contribution in [2.75, 3.05) is 26.7 Å². The molecule has 2 heterocycles. The van der Waals surface area contributed by atoms with Crippen LogP contribution in [0.1, 0.15) is 30.9 Å². The third kappa shape index (κ3) is 4.05. The number of β-amino-alcohol motifs (C(OH)–C–C–N with tert-alkyl or cyclic N) is 1. The molecule has 1 aliphatic heterocycles. The Bertz CT molecular complexity index is 598. The van der Waals surface area contributed by atoms with Crippen LogP contribution in [0, 0.1) is 5.92 Å². The molecule has 1 aromatic heterocycles. The topological polar surface area (TPSA) is 99.5 Å². The first-order chi connectivity index (χ1) is 11.6. The Kier molecular flexibility index (Phi) is 5.03. The lowest BCUT2D eigenvalue weighted by Gasteiger charge is -2.17. The Morgan fingerprint density at radius 3 is 2.88 bits per heavy atom. The van der Waals surface area contributed by atoms with Crippen LogP contribution in [0.3, 0.4) is 0 Å². The zero-order valence-electron chi connectivity index (χ0n) is 13.9. The van der Waals surface area contributed by atoms with Crippen LogP contribution in [0.5, 0.6) is 0 Å². The first-order valence-electron chi connectivity index (χ1n) is 8.51. The highest BCUT2D eigenvalue weighted by molar-refractivity contribution is 5.77. The van der Waals surface area contributed by atoms with Gasteiger partial charge >= 0.3 is 6.03 Å². The molecule has 8 nitrogen and oxygen atoms in total. The number of urea groups is 1. The summed E-state index contributed by atoms with van der Waals surface area (Å²) in [6, 6.07) is 1.84. The Morgan fingerprint density at radius 1 is 1.38 bits per heavy atom. The Labute approximate surface area is 141 Å². The van der Waals surface area contributed by atoms with Crippen LogP contribution in [-0.2, 0) is 11.3 Å².